The van der Waals surface area contributed by atoms with E-state index in [0.29, 0.717) is 16.7 Å². The summed E-state index contributed by atoms with van der Waals surface area (Å²) in [5, 5.41) is 11.4. The highest BCUT2D eigenvalue weighted by atomic mass is 32.2. The normalized spacial score (nSPS) is 12.0. The third-order valence-electron chi connectivity index (χ3n) is 4.10. The molecular formula is C19H23N5O3S. The highest BCUT2D eigenvalue weighted by molar-refractivity contribution is 7.99. The van der Waals surface area contributed by atoms with Crippen molar-refractivity contribution in [2.75, 3.05) is 11.6 Å². The van der Waals surface area contributed by atoms with Crippen molar-refractivity contribution >= 4 is 17.7 Å². The van der Waals surface area contributed by atoms with Gasteiger partial charge in [-0.25, -0.2) is 4.68 Å². The lowest BCUT2D eigenvalue weighted by molar-refractivity contribution is -0.119. The molecule has 1 aromatic carbocycles. The largest absolute Gasteiger partial charge is 0.485 e. The van der Waals surface area contributed by atoms with Gasteiger partial charge in [0.25, 0.3) is 0 Å². The molecule has 0 aliphatic carbocycles. The average molecular weight is 401 g/mol. The van der Waals surface area contributed by atoms with E-state index >= 15 is 0 Å². The summed E-state index contributed by atoms with van der Waals surface area (Å²) >= 11 is 1.21. The van der Waals surface area contributed by atoms with Crippen molar-refractivity contribution in [3.8, 4) is 5.75 Å². The van der Waals surface area contributed by atoms with Crippen LogP contribution in [0.1, 0.15) is 35.7 Å². The zero-order valence-electron chi connectivity index (χ0n) is 16.0. The molecule has 148 valence electrons. The third kappa shape index (κ3) is 4.86. The van der Waals surface area contributed by atoms with Crippen LogP contribution in [0.25, 0.3) is 0 Å². The molecule has 1 amide bonds. The lowest BCUT2D eigenvalue weighted by Gasteiger charge is -2.11. The minimum atomic E-state index is -0.208. The molecule has 0 saturated carbocycles. The highest BCUT2D eigenvalue weighted by Gasteiger charge is 2.15. The molecule has 3 aromatic rings. The maximum Gasteiger partial charge on any atom is 0.231 e. The second-order valence-electron chi connectivity index (χ2n) is 6.42. The number of aryl methyl sites for hydroxylation is 2. The first-order valence-electron chi connectivity index (χ1n) is 8.79. The van der Waals surface area contributed by atoms with Gasteiger partial charge in [0.1, 0.15) is 18.1 Å². The van der Waals surface area contributed by atoms with Crippen LogP contribution in [0.5, 0.6) is 5.75 Å². The maximum atomic E-state index is 12.1. The van der Waals surface area contributed by atoms with Gasteiger partial charge in [0, 0.05) is 0 Å². The number of benzene rings is 1. The second-order valence-corrected chi connectivity index (χ2v) is 7.36. The summed E-state index contributed by atoms with van der Waals surface area (Å²) in [6.45, 7) is 6.06. The van der Waals surface area contributed by atoms with E-state index < -0.39 is 0 Å². The molecule has 0 radical (unpaired) electrons. The van der Waals surface area contributed by atoms with E-state index in [2.05, 4.69) is 15.5 Å². The number of aromatic nitrogens is 3. The van der Waals surface area contributed by atoms with Crippen LogP contribution < -0.4 is 15.9 Å². The maximum absolute atomic E-state index is 12.1. The van der Waals surface area contributed by atoms with Crippen molar-refractivity contribution in [1.82, 2.24) is 20.2 Å². The van der Waals surface area contributed by atoms with Crippen LogP contribution in [0.3, 0.4) is 0 Å². The SMILES string of the molecule is Cc1ccc(OCc2nnc(SCC(=O)N[C@H](C)c3ccco3)n2N)c(C)c1. The van der Waals surface area contributed by atoms with E-state index in [1.165, 1.54) is 22.0 Å². The van der Waals surface area contributed by atoms with Crippen molar-refractivity contribution in [2.24, 2.45) is 0 Å². The van der Waals surface area contributed by atoms with Crippen LogP contribution in [-0.4, -0.2) is 26.5 Å². The fourth-order valence-electron chi connectivity index (χ4n) is 2.63. The molecule has 0 saturated heterocycles. The molecule has 0 spiro atoms. The molecule has 2 heterocycles. The Morgan fingerprint density at radius 3 is 2.89 bits per heavy atom. The molecule has 2 aromatic heterocycles. The zero-order chi connectivity index (χ0) is 20.1. The molecule has 3 N–H and O–H groups in total. The minimum Gasteiger partial charge on any atom is -0.485 e. The predicted molar refractivity (Wildman–Crippen MR) is 106 cm³/mol. The number of ether oxygens (including phenoxy) is 1. The number of thioether (sulfide) groups is 1. The number of amides is 1. The highest BCUT2D eigenvalue weighted by Crippen LogP contribution is 2.21. The van der Waals surface area contributed by atoms with Crippen molar-refractivity contribution in [2.45, 2.75) is 38.6 Å². The van der Waals surface area contributed by atoms with Crippen LogP contribution in [0.4, 0.5) is 0 Å². The molecule has 8 nitrogen and oxygen atoms in total. The van der Waals surface area contributed by atoms with Gasteiger partial charge in [-0.2, -0.15) is 0 Å². The third-order valence-corrected chi connectivity index (χ3v) is 5.05. The Morgan fingerprint density at radius 1 is 1.36 bits per heavy atom. The lowest BCUT2D eigenvalue weighted by atomic mass is 10.1. The summed E-state index contributed by atoms with van der Waals surface area (Å²) < 4.78 is 12.4. The van der Waals surface area contributed by atoms with Gasteiger partial charge in [0.05, 0.1) is 18.1 Å². The van der Waals surface area contributed by atoms with Gasteiger partial charge >= 0.3 is 0 Å². The molecule has 3 rings (SSSR count). The molecule has 9 heteroatoms. The number of hydrogen-bond donors (Lipinski definition) is 2. The fraction of sp³-hybridized carbons (Fsp3) is 0.316. The van der Waals surface area contributed by atoms with Gasteiger partial charge in [-0.05, 0) is 44.5 Å². The number of nitrogens with two attached hydrogens (primary N) is 1. The Balaban J connectivity index is 1.52. The first-order valence-corrected chi connectivity index (χ1v) is 9.77. The van der Waals surface area contributed by atoms with Crippen LogP contribution in [0, 0.1) is 13.8 Å². The molecule has 0 aliphatic heterocycles. The van der Waals surface area contributed by atoms with E-state index in [1.807, 2.05) is 45.0 Å². The van der Waals surface area contributed by atoms with E-state index in [1.54, 1.807) is 12.3 Å². The monoisotopic (exact) mass is 401 g/mol. The number of hydrogen-bond acceptors (Lipinski definition) is 7. The van der Waals surface area contributed by atoms with Crippen LogP contribution in [0.2, 0.25) is 0 Å². The van der Waals surface area contributed by atoms with Gasteiger partial charge < -0.3 is 20.3 Å². The Labute approximate surface area is 167 Å². The Morgan fingerprint density at radius 2 is 2.18 bits per heavy atom. The standard InChI is InChI=1S/C19H23N5O3S/c1-12-6-7-15(13(2)9-12)27-10-17-22-23-19(24(17)20)28-11-18(25)21-14(3)16-5-4-8-26-16/h4-9,14H,10-11,20H2,1-3H3,(H,21,25)/t14-/m1/s1. The summed E-state index contributed by atoms with van der Waals surface area (Å²) in [5.41, 5.74) is 2.21. The smallest absolute Gasteiger partial charge is 0.231 e. The molecule has 0 unspecified atom stereocenters. The van der Waals surface area contributed by atoms with Gasteiger partial charge in [-0.15, -0.1) is 10.2 Å². The number of nitrogens with zero attached hydrogens (tertiary/aromatic N) is 3. The lowest BCUT2D eigenvalue weighted by Crippen LogP contribution is -2.28. The molecule has 1 atom stereocenters. The summed E-state index contributed by atoms with van der Waals surface area (Å²) in [7, 11) is 0. The predicted octanol–water partition coefficient (Wildman–Crippen LogP) is 2.75. The van der Waals surface area contributed by atoms with E-state index in [9.17, 15) is 4.79 Å². The average Bonchev–Trinajstić information content (AvgIpc) is 3.30. The quantitative estimate of drug-likeness (QED) is 0.441. The van der Waals surface area contributed by atoms with Crippen molar-refractivity contribution in [3.63, 3.8) is 0 Å². The van der Waals surface area contributed by atoms with E-state index in [-0.39, 0.29) is 24.3 Å². The number of nitrogen functional groups attached to an aromatic ring is 1. The summed E-state index contributed by atoms with van der Waals surface area (Å²) in [6, 6.07) is 9.34. The molecule has 0 aliphatic rings. The van der Waals surface area contributed by atoms with E-state index in [0.717, 1.165) is 11.3 Å². The van der Waals surface area contributed by atoms with E-state index in [4.69, 9.17) is 15.0 Å². The number of rotatable bonds is 8. The van der Waals surface area contributed by atoms with Crippen LogP contribution in [-0.2, 0) is 11.4 Å². The number of furan rings is 1. The number of carbonyl (C=O) groups is 1. The molecular weight excluding hydrogens is 378 g/mol. The van der Waals surface area contributed by atoms with Crippen molar-refractivity contribution < 1.29 is 13.9 Å². The number of carbonyl (C=O) groups excluding carboxylic acids is 1. The first kappa shape index (κ1) is 19.8. The fourth-order valence-corrected chi connectivity index (χ4v) is 3.32. The minimum absolute atomic E-state index is 0.148. The topological polar surface area (TPSA) is 108 Å². The Bertz CT molecular complexity index is 939. The number of nitrogens with one attached hydrogen (secondary N) is 1. The zero-order valence-corrected chi connectivity index (χ0v) is 16.8. The second kappa shape index (κ2) is 8.83. The summed E-state index contributed by atoms with van der Waals surface area (Å²) in [5.74, 6) is 8.01. The van der Waals surface area contributed by atoms with Gasteiger partial charge in [0.15, 0.2) is 5.82 Å². The molecule has 0 bridgehead atoms. The van der Waals surface area contributed by atoms with Gasteiger partial charge in [-0.3, -0.25) is 4.79 Å². The molecule has 0 fully saturated rings. The Kier molecular flexibility index (Phi) is 6.25. The summed E-state index contributed by atoms with van der Waals surface area (Å²) in [6.07, 6.45) is 1.57. The van der Waals surface area contributed by atoms with Crippen LogP contribution >= 0.6 is 11.8 Å². The van der Waals surface area contributed by atoms with Crippen molar-refractivity contribution in [1.29, 1.82) is 0 Å². The molecule has 28 heavy (non-hydrogen) atoms. The van der Waals surface area contributed by atoms with Gasteiger partial charge in [0.2, 0.25) is 11.1 Å². The van der Waals surface area contributed by atoms with Gasteiger partial charge in [-0.1, -0.05) is 29.5 Å². The van der Waals surface area contributed by atoms with Crippen molar-refractivity contribution in [3.05, 3.63) is 59.3 Å². The Hall–Kier alpha value is -2.94. The van der Waals surface area contributed by atoms with Crippen LogP contribution in [0.15, 0.2) is 46.2 Å². The summed E-state index contributed by atoms with van der Waals surface area (Å²) in [4.78, 5) is 12.1. The first-order chi connectivity index (χ1) is 13.4.